The second-order valence-corrected chi connectivity index (χ2v) is 7.82. The number of fused-ring (bicyclic) bond motifs is 1. The summed E-state index contributed by atoms with van der Waals surface area (Å²) in [5, 5.41) is 5.61. The van der Waals surface area contributed by atoms with Gasteiger partial charge in [0.25, 0.3) is 0 Å². The first-order valence-corrected chi connectivity index (χ1v) is 9.27. The van der Waals surface area contributed by atoms with Gasteiger partial charge in [-0.05, 0) is 74.0 Å². The maximum absolute atomic E-state index is 12.7. The lowest BCUT2D eigenvalue weighted by molar-refractivity contribution is -0.135. The van der Waals surface area contributed by atoms with E-state index in [4.69, 9.17) is 0 Å². The topological polar surface area (TPSA) is 32.3 Å². The number of hydrogen-bond donors (Lipinski definition) is 1. The molecule has 114 valence electrons. The third-order valence-electron chi connectivity index (χ3n) is 5.33. The predicted octanol–water partition coefficient (Wildman–Crippen LogP) is 2.97. The number of carbonyl (C=O) groups is 1. The zero-order valence-electron chi connectivity index (χ0n) is 12.5. The largest absolute Gasteiger partial charge is 0.335 e. The van der Waals surface area contributed by atoms with Gasteiger partial charge in [-0.25, -0.2) is 0 Å². The summed E-state index contributed by atoms with van der Waals surface area (Å²) in [7, 11) is 0. The van der Waals surface area contributed by atoms with Crippen molar-refractivity contribution in [1.82, 2.24) is 10.2 Å². The van der Waals surface area contributed by atoms with Crippen molar-refractivity contribution in [2.45, 2.75) is 44.6 Å². The minimum Gasteiger partial charge on any atom is -0.335 e. The van der Waals surface area contributed by atoms with Gasteiger partial charge in [-0.2, -0.15) is 0 Å². The van der Waals surface area contributed by atoms with E-state index in [1.807, 2.05) is 11.3 Å². The van der Waals surface area contributed by atoms with Crippen LogP contribution in [0.4, 0.5) is 0 Å². The standard InChI is InChI=1S/C17H24N2OS/c20-16(4-1-12-5-8-18-11-12)19-9-6-15-14(7-10-21-15)17(19)13-2-3-13/h7,10,12-13,17-18H,1-6,8-9,11H2. The summed E-state index contributed by atoms with van der Waals surface area (Å²) < 4.78 is 0. The molecule has 0 aromatic carbocycles. The van der Waals surface area contributed by atoms with Crippen molar-refractivity contribution >= 4 is 17.2 Å². The molecular formula is C17H24N2OS. The quantitative estimate of drug-likeness (QED) is 0.927. The molecular weight excluding hydrogens is 280 g/mol. The highest BCUT2D eigenvalue weighted by Crippen LogP contribution is 2.48. The molecule has 2 aliphatic heterocycles. The second-order valence-electron chi connectivity index (χ2n) is 6.82. The van der Waals surface area contributed by atoms with E-state index in [0.717, 1.165) is 50.7 Å². The smallest absolute Gasteiger partial charge is 0.223 e. The zero-order chi connectivity index (χ0) is 14.2. The van der Waals surface area contributed by atoms with Crippen molar-refractivity contribution in [1.29, 1.82) is 0 Å². The Bertz CT molecular complexity index is 517. The molecule has 4 rings (SSSR count). The molecule has 3 aliphatic rings. The van der Waals surface area contributed by atoms with Crippen LogP contribution in [-0.2, 0) is 11.2 Å². The third kappa shape index (κ3) is 2.76. The van der Waals surface area contributed by atoms with Gasteiger partial charge in [0.05, 0.1) is 6.04 Å². The summed E-state index contributed by atoms with van der Waals surface area (Å²) in [4.78, 5) is 16.5. The van der Waals surface area contributed by atoms with Crippen LogP contribution in [0.5, 0.6) is 0 Å². The summed E-state index contributed by atoms with van der Waals surface area (Å²) in [6, 6.07) is 2.66. The summed E-state index contributed by atoms with van der Waals surface area (Å²) in [6.45, 7) is 3.18. The Kier molecular flexibility index (Phi) is 3.76. The Morgan fingerprint density at radius 1 is 1.38 bits per heavy atom. The number of rotatable bonds is 4. The highest BCUT2D eigenvalue weighted by atomic mass is 32.1. The predicted molar refractivity (Wildman–Crippen MR) is 85.4 cm³/mol. The van der Waals surface area contributed by atoms with Crippen molar-refractivity contribution in [3.63, 3.8) is 0 Å². The summed E-state index contributed by atoms with van der Waals surface area (Å²) in [5.41, 5.74) is 1.46. The Morgan fingerprint density at radius 3 is 3.05 bits per heavy atom. The molecule has 0 bridgehead atoms. The molecule has 2 fully saturated rings. The van der Waals surface area contributed by atoms with Crippen molar-refractivity contribution in [3.8, 4) is 0 Å². The molecule has 0 spiro atoms. The highest BCUT2D eigenvalue weighted by molar-refractivity contribution is 7.10. The lowest BCUT2D eigenvalue weighted by Gasteiger charge is -2.36. The number of thiophene rings is 1. The molecule has 2 unspecified atom stereocenters. The first-order chi connectivity index (χ1) is 10.3. The van der Waals surface area contributed by atoms with Crippen LogP contribution in [0.1, 0.15) is 48.6 Å². The maximum atomic E-state index is 12.7. The van der Waals surface area contributed by atoms with Gasteiger partial charge in [0.15, 0.2) is 0 Å². The summed E-state index contributed by atoms with van der Waals surface area (Å²) in [5.74, 6) is 1.85. The number of carbonyl (C=O) groups excluding carboxylic acids is 1. The molecule has 21 heavy (non-hydrogen) atoms. The average Bonchev–Trinajstić information content (AvgIpc) is 3.02. The van der Waals surface area contributed by atoms with E-state index in [0.29, 0.717) is 11.9 Å². The highest BCUT2D eigenvalue weighted by Gasteiger charge is 2.41. The Balaban J connectivity index is 1.44. The first kappa shape index (κ1) is 13.8. The van der Waals surface area contributed by atoms with E-state index < -0.39 is 0 Å². The van der Waals surface area contributed by atoms with Gasteiger partial charge in [0.1, 0.15) is 0 Å². The van der Waals surface area contributed by atoms with Crippen LogP contribution < -0.4 is 5.32 Å². The lowest BCUT2D eigenvalue weighted by atomic mass is 9.94. The molecule has 1 aromatic rings. The number of nitrogens with zero attached hydrogens (tertiary/aromatic N) is 1. The molecule has 0 radical (unpaired) electrons. The molecule has 1 aromatic heterocycles. The van der Waals surface area contributed by atoms with Gasteiger partial charge < -0.3 is 10.2 Å². The van der Waals surface area contributed by atoms with Gasteiger partial charge in [0, 0.05) is 17.8 Å². The van der Waals surface area contributed by atoms with Crippen molar-refractivity contribution in [2.75, 3.05) is 19.6 Å². The van der Waals surface area contributed by atoms with E-state index in [2.05, 4.69) is 21.7 Å². The van der Waals surface area contributed by atoms with Gasteiger partial charge in [-0.1, -0.05) is 0 Å². The fourth-order valence-electron chi connectivity index (χ4n) is 3.98. The Labute approximate surface area is 130 Å². The zero-order valence-corrected chi connectivity index (χ0v) is 13.3. The third-order valence-corrected chi connectivity index (χ3v) is 6.33. The minimum absolute atomic E-state index is 0.397. The number of hydrogen-bond acceptors (Lipinski definition) is 3. The van der Waals surface area contributed by atoms with Gasteiger partial charge >= 0.3 is 0 Å². The normalized spacial score (nSPS) is 28.7. The van der Waals surface area contributed by atoms with Gasteiger partial charge in [-0.15, -0.1) is 11.3 Å². The number of nitrogens with one attached hydrogen (secondary N) is 1. The molecule has 2 atom stereocenters. The average molecular weight is 304 g/mol. The molecule has 1 saturated carbocycles. The van der Waals surface area contributed by atoms with Crippen LogP contribution in [0.25, 0.3) is 0 Å². The maximum Gasteiger partial charge on any atom is 0.223 e. The Hall–Kier alpha value is -0.870. The van der Waals surface area contributed by atoms with Crippen LogP contribution in [0.3, 0.4) is 0 Å². The molecule has 1 saturated heterocycles. The Morgan fingerprint density at radius 2 is 2.29 bits per heavy atom. The van der Waals surface area contributed by atoms with E-state index in [1.165, 1.54) is 29.7 Å². The van der Waals surface area contributed by atoms with Gasteiger partial charge in [-0.3, -0.25) is 4.79 Å². The van der Waals surface area contributed by atoms with Crippen LogP contribution in [0.2, 0.25) is 0 Å². The second kappa shape index (κ2) is 5.73. The number of amides is 1. The van der Waals surface area contributed by atoms with E-state index in [1.54, 1.807) is 0 Å². The minimum atomic E-state index is 0.397. The van der Waals surface area contributed by atoms with Crippen LogP contribution >= 0.6 is 11.3 Å². The van der Waals surface area contributed by atoms with Crippen LogP contribution in [0, 0.1) is 11.8 Å². The van der Waals surface area contributed by atoms with Crippen LogP contribution in [0.15, 0.2) is 11.4 Å². The van der Waals surface area contributed by atoms with Gasteiger partial charge in [0.2, 0.25) is 5.91 Å². The molecule has 1 amide bonds. The molecule has 1 N–H and O–H groups in total. The first-order valence-electron chi connectivity index (χ1n) is 8.39. The fraction of sp³-hybridized carbons (Fsp3) is 0.706. The monoisotopic (exact) mass is 304 g/mol. The SMILES string of the molecule is O=C(CCC1CCNC1)N1CCc2sccc2C1C1CC1. The summed E-state index contributed by atoms with van der Waals surface area (Å²) in [6.07, 6.45) is 6.72. The van der Waals surface area contributed by atoms with Crippen molar-refractivity contribution < 1.29 is 4.79 Å². The fourth-order valence-corrected chi connectivity index (χ4v) is 4.89. The summed E-state index contributed by atoms with van der Waals surface area (Å²) >= 11 is 1.88. The van der Waals surface area contributed by atoms with E-state index in [9.17, 15) is 4.79 Å². The van der Waals surface area contributed by atoms with Crippen molar-refractivity contribution in [3.05, 3.63) is 21.9 Å². The van der Waals surface area contributed by atoms with E-state index >= 15 is 0 Å². The molecule has 1 aliphatic carbocycles. The van der Waals surface area contributed by atoms with Crippen molar-refractivity contribution in [2.24, 2.45) is 11.8 Å². The van der Waals surface area contributed by atoms with E-state index in [-0.39, 0.29) is 0 Å². The molecule has 4 heteroatoms. The molecule has 3 nitrogen and oxygen atoms in total. The lowest BCUT2D eigenvalue weighted by Crippen LogP contribution is -2.40. The van der Waals surface area contributed by atoms with Crippen LogP contribution in [-0.4, -0.2) is 30.4 Å². The molecule has 3 heterocycles.